The molecule has 3 aromatic rings. The van der Waals surface area contributed by atoms with Crippen molar-refractivity contribution in [2.24, 2.45) is 0 Å². The molecule has 2 aromatic carbocycles. The smallest absolute Gasteiger partial charge is 0.418 e. The Labute approximate surface area is 192 Å². The van der Waals surface area contributed by atoms with E-state index in [4.69, 9.17) is 4.42 Å². The van der Waals surface area contributed by atoms with Crippen molar-refractivity contribution in [1.82, 2.24) is 9.80 Å². The van der Waals surface area contributed by atoms with Crippen LogP contribution in [0.1, 0.15) is 16.1 Å². The van der Waals surface area contributed by atoms with Crippen molar-refractivity contribution in [3.8, 4) is 11.3 Å². The quantitative estimate of drug-likeness (QED) is 0.552. The third-order valence-corrected chi connectivity index (χ3v) is 5.48. The van der Waals surface area contributed by atoms with Crippen LogP contribution in [0.5, 0.6) is 0 Å². The summed E-state index contributed by atoms with van der Waals surface area (Å²) in [4.78, 5) is 28.4. The molecule has 2 amide bonds. The second kappa shape index (κ2) is 9.68. The summed E-state index contributed by atoms with van der Waals surface area (Å²) in [5, 5.41) is 2.33. The monoisotopic (exact) mass is 475 g/mol. The summed E-state index contributed by atoms with van der Waals surface area (Å²) < 4.78 is 58.1. The molecule has 0 unspecified atom stereocenters. The first-order valence-corrected chi connectivity index (χ1v) is 10.5. The van der Waals surface area contributed by atoms with Gasteiger partial charge in [0, 0.05) is 31.7 Å². The molecule has 1 saturated heterocycles. The first-order chi connectivity index (χ1) is 16.2. The Kier molecular flexibility index (Phi) is 6.69. The maximum Gasteiger partial charge on any atom is 0.418 e. The highest BCUT2D eigenvalue weighted by molar-refractivity contribution is 5.93. The van der Waals surface area contributed by atoms with Gasteiger partial charge in [0.15, 0.2) is 5.76 Å². The fourth-order valence-electron chi connectivity index (χ4n) is 3.72. The predicted octanol–water partition coefficient (Wildman–Crippen LogP) is 4.50. The van der Waals surface area contributed by atoms with E-state index in [0.29, 0.717) is 37.5 Å². The number of anilines is 1. The molecule has 10 heteroatoms. The fourth-order valence-corrected chi connectivity index (χ4v) is 3.72. The third-order valence-electron chi connectivity index (χ3n) is 5.48. The normalized spacial score (nSPS) is 14.8. The minimum atomic E-state index is -4.57. The number of alkyl halides is 3. The van der Waals surface area contributed by atoms with Crippen molar-refractivity contribution in [2.45, 2.75) is 6.18 Å². The van der Waals surface area contributed by atoms with E-state index in [1.165, 1.54) is 30.3 Å². The van der Waals surface area contributed by atoms with Gasteiger partial charge in [-0.25, -0.2) is 4.39 Å². The molecule has 0 spiro atoms. The predicted molar refractivity (Wildman–Crippen MR) is 117 cm³/mol. The van der Waals surface area contributed by atoms with Gasteiger partial charge < -0.3 is 14.6 Å². The van der Waals surface area contributed by atoms with Crippen molar-refractivity contribution >= 4 is 17.5 Å². The maximum absolute atomic E-state index is 13.1. The lowest BCUT2D eigenvalue weighted by Gasteiger charge is -2.33. The third kappa shape index (κ3) is 5.45. The topological polar surface area (TPSA) is 65.8 Å². The van der Waals surface area contributed by atoms with Gasteiger partial charge >= 0.3 is 6.18 Å². The number of hydrogen-bond acceptors (Lipinski definition) is 4. The highest BCUT2D eigenvalue weighted by Gasteiger charge is 2.33. The molecule has 6 nitrogen and oxygen atoms in total. The van der Waals surface area contributed by atoms with Gasteiger partial charge in [-0.1, -0.05) is 12.1 Å². The Morgan fingerprint density at radius 2 is 1.59 bits per heavy atom. The lowest BCUT2D eigenvalue weighted by molar-refractivity contribution is -0.137. The van der Waals surface area contributed by atoms with Crippen LogP contribution >= 0.6 is 0 Å². The number of furan rings is 1. The zero-order chi connectivity index (χ0) is 24.3. The van der Waals surface area contributed by atoms with Crippen molar-refractivity contribution in [2.75, 3.05) is 38.0 Å². The van der Waals surface area contributed by atoms with Crippen LogP contribution in [0.25, 0.3) is 11.3 Å². The number of halogens is 4. The minimum Gasteiger partial charge on any atom is -0.451 e. The first kappa shape index (κ1) is 23.5. The van der Waals surface area contributed by atoms with E-state index >= 15 is 0 Å². The van der Waals surface area contributed by atoms with E-state index in [1.807, 2.05) is 0 Å². The summed E-state index contributed by atoms with van der Waals surface area (Å²) in [6, 6.07) is 13.7. The van der Waals surface area contributed by atoms with E-state index in [1.54, 1.807) is 34.1 Å². The van der Waals surface area contributed by atoms with Gasteiger partial charge in [-0.05, 0) is 48.5 Å². The lowest BCUT2D eigenvalue weighted by atomic mass is 10.1. The molecule has 34 heavy (non-hydrogen) atoms. The molecule has 1 fully saturated rings. The molecular weight excluding hydrogens is 454 g/mol. The lowest BCUT2D eigenvalue weighted by Crippen LogP contribution is -2.50. The summed E-state index contributed by atoms with van der Waals surface area (Å²) in [6.45, 7) is 1.33. The maximum atomic E-state index is 13.1. The van der Waals surface area contributed by atoms with E-state index in [2.05, 4.69) is 5.32 Å². The van der Waals surface area contributed by atoms with Crippen LogP contribution < -0.4 is 5.32 Å². The molecule has 1 aliphatic rings. The second-order valence-electron chi connectivity index (χ2n) is 7.83. The van der Waals surface area contributed by atoms with Crippen LogP contribution in [-0.2, 0) is 11.0 Å². The van der Waals surface area contributed by atoms with Gasteiger partial charge in [0.1, 0.15) is 11.6 Å². The van der Waals surface area contributed by atoms with Gasteiger partial charge in [0.05, 0.1) is 17.8 Å². The van der Waals surface area contributed by atoms with Gasteiger partial charge in [0.2, 0.25) is 5.91 Å². The molecule has 2 heterocycles. The van der Waals surface area contributed by atoms with Crippen molar-refractivity contribution in [3.63, 3.8) is 0 Å². The SMILES string of the molecule is O=C(CN1CCN(C(=O)c2ccc(-c3ccc(F)cc3)o2)CC1)Nc1ccccc1C(F)(F)F. The number of amides is 2. The first-order valence-electron chi connectivity index (χ1n) is 10.5. The van der Waals surface area contributed by atoms with Gasteiger partial charge in [-0.15, -0.1) is 0 Å². The van der Waals surface area contributed by atoms with Crippen LogP contribution in [0.4, 0.5) is 23.2 Å². The zero-order valence-corrected chi connectivity index (χ0v) is 17.9. The Balaban J connectivity index is 1.30. The Morgan fingerprint density at radius 1 is 0.912 bits per heavy atom. The summed E-state index contributed by atoms with van der Waals surface area (Å²) >= 11 is 0. The highest BCUT2D eigenvalue weighted by Crippen LogP contribution is 2.34. The minimum absolute atomic E-state index is 0.0936. The number of nitrogens with one attached hydrogen (secondary N) is 1. The van der Waals surface area contributed by atoms with E-state index in [9.17, 15) is 27.2 Å². The van der Waals surface area contributed by atoms with Crippen LogP contribution in [0, 0.1) is 5.82 Å². The molecule has 0 bridgehead atoms. The van der Waals surface area contributed by atoms with Crippen LogP contribution in [0.3, 0.4) is 0 Å². The molecule has 4 rings (SSSR count). The number of carbonyl (C=O) groups excluding carboxylic acids is 2. The van der Waals surface area contributed by atoms with Gasteiger partial charge in [-0.3, -0.25) is 14.5 Å². The summed E-state index contributed by atoms with van der Waals surface area (Å²) in [6.07, 6.45) is -4.57. The van der Waals surface area contributed by atoms with E-state index in [0.717, 1.165) is 6.07 Å². The zero-order valence-electron chi connectivity index (χ0n) is 17.9. The van der Waals surface area contributed by atoms with E-state index in [-0.39, 0.29) is 29.7 Å². The van der Waals surface area contributed by atoms with Gasteiger partial charge in [0.25, 0.3) is 5.91 Å². The van der Waals surface area contributed by atoms with Crippen LogP contribution in [0.15, 0.2) is 65.1 Å². The molecule has 0 atom stereocenters. The molecule has 1 N–H and O–H groups in total. The number of carbonyl (C=O) groups is 2. The molecule has 0 radical (unpaired) electrons. The van der Waals surface area contributed by atoms with Crippen LogP contribution in [-0.4, -0.2) is 54.3 Å². The highest BCUT2D eigenvalue weighted by atomic mass is 19.4. The van der Waals surface area contributed by atoms with E-state index < -0.39 is 17.6 Å². The average Bonchev–Trinajstić information content (AvgIpc) is 3.29. The number of benzene rings is 2. The van der Waals surface area contributed by atoms with Gasteiger partial charge in [-0.2, -0.15) is 13.2 Å². The number of nitrogens with zero attached hydrogens (tertiary/aromatic N) is 2. The number of rotatable bonds is 5. The molecule has 178 valence electrons. The Morgan fingerprint density at radius 3 is 2.26 bits per heavy atom. The number of hydrogen-bond donors (Lipinski definition) is 1. The van der Waals surface area contributed by atoms with Crippen molar-refractivity contribution in [3.05, 3.63) is 77.8 Å². The molecule has 0 aliphatic carbocycles. The number of piperazine rings is 1. The van der Waals surface area contributed by atoms with Crippen molar-refractivity contribution < 1.29 is 31.6 Å². The largest absolute Gasteiger partial charge is 0.451 e. The summed E-state index contributed by atoms with van der Waals surface area (Å²) in [5.74, 6) is -0.655. The fraction of sp³-hybridized carbons (Fsp3) is 0.250. The van der Waals surface area contributed by atoms with Crippen LogP contribution in [0.2, 0.25) is 0 Å². The summed E-state index contributed by atoms with van der Waals surface area (Å²) in [7, 11) is 0. The summed E-state index contributed by atoms with van der Waals surface area (Å²) in [5.41, 5.74) is -0.552. The molecule has 1 aromatic heterocycles. The molecule has 0 saturated carbocycles. The molecular formula is C24H21F4N3O3. The standard InChI is InChI=1S/C24H21F4N3O3/c25-17-7-5-16(6-8-17)20-9-10-21(34-20)23(33)31-13-11-30(12-14-31)15-22(32)29-19-4-2-1-3-18(19)24(26,27)28/h1-10H,11-15H2,(H,29,32). The Hall–Kier alpha value is -3.66. The second-order valence-corrected chi connectivity index (χ2v) is 7.83. The number of para-hydroxylation sites is 1. The van der Waals surface area contributed by atoms with Crippen molar-refractivity contribution in [1.29, 1.82) is 0 Å². The average molecular weight is 475 g/mol. The Bertz CT molecular complexity index is 1170. The molecule has 1 aliphatic heterocycles.